The zero-order valence-corrected chi connectivity index (χ0v) is 20.6. The average molecular weight is 506 g/mol. The first-order valence-electron chi connectivity index (χ1n) is 11.3. The maximum Gasteiger partial charge on any atom is 0.238 e. The highest BCUT2D eigenvalue weighted by atomic mass is 79.9. The molecular weight excluding hydrogens is 478 g/mol. The van der Waals surface area contributed by atoms with Gasteiger partial charge in [0.2, 0.25) is 11.8 Å². The van der Waals surface area contributed by atoms with Crippen LogP contribution in [0.3, 0.4) is 0 Å². The number of benzene rings is 2. The third-order valence-corrected chi connectivity index (χ3v) is 6.52. The Labute approximate surface area is 203 Å². The number of nitrogens with zero attached hydrogens (tertiary/aromatic N) is 4. The van der Waals surface area contributed by atoms with Gasteiger partial charge in [-0.05, 0) is 91.0 Å². The fourth-order valence-corrected chi connectivity index (χ4v) is 4.56. The average Bonchev–Trinajstić information content (AvgIpc) is 2.84. The van der Waals surface area contributed by atoms with Crippen LogP contribution in [0.1, 0.15) is 35.1 Å². The van der Waals surface area contributed by atoms with E-state index >= 15 is 0 Å². The molecule has 0 bridgehead atoms. The summed E-state index contributed by atoms with van der Waals surface area (Å²) in [6.45, 7) is 6.72. The van der Waals surface area contributed by atoms with Crippen LogP contribution in [0.25, 0.3) is 0 Å². The van der Waals surface area contributed by atoms with E-state index in [0.29, 0.717) is 27.9 Å². The van der Waals surface area contributed by atoms with Crippen molar-refractivity contribution >= 4 is 21.9 Å². The van der Waals surface area contributed by atoms with Gasteiger partial charge in [0.1, 0.15) is 5.75 Å². The number of hydrogen-bond donors (Lipinski definition) is 1. The van der Waals surface area contributed by atoms with Crippen LogP contribution in [0.5, 0.6) is 11.6 Å². The Morgan fingerprint density at radius 1 is 1.15 bits per heavy atom. The van der Waals surface area contributed by atoms with Crippen LogP contribution in [0.4, 0.5) is 5.95 Å². The van der Waals surface area contributed by atoms with Gasteiger partial charge in [0, 0.05) is 12.6 Å². The minimum Gasteiger partial charge on any atom is -0.437 e. The lowest BCUT2D eigenvalue weighted by molar-refractivity contribution is 0.419. The van der Waals surface area contributed by atoms with Gasteiger partial charge in [-0.2, -0.15) is 10.2 Å². The smallest absolute Gasteiger partial charge is 0.238 e. The van der Waals surface area contributed by atoms with Crippen LogP contribution >= 0.6 is 15.9 Å². The van der Waals surface area contributed by atoms with Gasteiger partial charge in [0.25, 0.3) is 0 Å². The third-order valence-electron chi connectivity index (χ3n) is 5.98. The molecule has 3 aromatic rings. The number of anilines is 1. The normalized spacial score (nSPS) is 14.0. The molecule has 0 radical (unpaired) electrons. The van der Waals surface area contributed by atoms with E-state index in [1.54, 1.807) is 6.20 Å². The van der Waals surface area contributed by atoms with Crippen molar-refractivity contribution in [1.82, 2.24) is 15.3 Å². The molecular formula is C26H28BrN5O. The van der Waals surface area contributed by atoms with Crippen molar-refractivity contribution < 1.29 is 4.74 Å². The molecule has 1 N–H and O–H groups in total. The van der Waals surface area contributed by atoms with E-state index in [1.807, 2.05) is 32.0 Å². The molecule has 1 saturated heterocycles. The number of rotatable bonds is 7. The highest BCUT2D eigenvalue weighted by Gasteiger charge is 2.24. The van der Waals surface area contributed by atoms with Crippen molar-refractivity contribution in [3.8, 4) is 17.7 Å². The first kappa shape index (κ1) is 23.2. The van der Waals surface area contributed by atoms with Crippen LogP contribution in [-0.4, -0.2) is 35.6 Å². The van der Waals surface area contributed by atoms with Crippen molar-refractivity contribution in [1.29, 1.82) is 5.26 Å². The Hall–Kier alpha value is -2.95. The Bertz CT molecular complexity index is 1120. The molecule has 6 nitrogen and oxygen atoms in total. The van der Waals surface area contributed by atoms with Gasteiger partial charge in [-0.1, -0.05) is 30.3 Å². The second kappa shape index (κ2) is 10.8. The second-order valence-corrected chi connectivity index (χ2v) is 9.24. The minimum absolute atomic E-state index is 0.377. The van der Waals surface area contributed by atoms with Gasteiger partial charge >= 0.3 is 0 Å². The number of piperidine rings is 1. The van der Waals surface area contributed by atoms with Crippen LogP contribution < -0.4 is 15.0 Å². The zero-order valence-electron chi connectivity index (χ0n) is 19.0. The number of hydrogen-bond acceptors (Lipinski definition) is 6. The van der Waals surface area contributed by atoms with Crippen molar-refractivity contribution in [2.75, 3.05) is 24.5 Å². The van der Waals surface area contributed by atoms with Crippen LogP contribution in [0.2, 0.25) is 0 Å². The van der Waals surface area contributed by atoms with Gasteiger partial charge in [0.05, 0.1) is 22.3 Å². The van der Waals surface area contributed by atoms with E-state index < -0.39 is 0 Å². The predicted octanol–water partition coefficient (Wildman–Crippen LogP) is 5.32. The molecule has 4 rings (SSSR count). The molecule has 1 aliphatic rings. The molecule has 0 unspecified atom stereocenters. The van der Waals surface area contributed by atoms with Gasteiger partial charge in [-0.3, -0.25) is 0 Å². The van der Waals surface area contributed by atoms with Crippen molar-refractivity contribution in [2.45, 2.75) is 39.2 Å². The molecule has 1 fully saturated rings. The monoisotopic (exact) mass is 505 g/mol. The lowest BCUT2D eigenvalue weighted by Gasteiger charge is -2.35. The first-order chi connectivity index (χ1) is 16.0. The maximum absolute atomic E-state index is 9.24. The van der Waals surface area contributed by atoms with Crippen molar-refractivity contribution in [2.24, 2.45) is 0 Å². The standard InChI is InChI=1S/C26H28BrN5O/c1-18-14-21(16-28)15-19(2)24(18)33-25-23(27)17-30-26(31-25)32(22-8-11-29-12-9-22)13-10-20-6-4-3-5-7-20/h3-7,14-15,17,22,29H,8-13H2,1-2H3. The van der Waals surface area contributed by atoms with E-state index in [4.69, 9.17) is 9.72 Å². The van der Waals surface area contributed by atoms with E-state index in [0.717, 1.165) is 55.8 Å². The second-order valence-electron chi connectivity index (χ2n) is 8.39. The molecule has 0 saturated carbocycles. The number of aromatic nitrogens is 2. The summed E-state index contributed by atoms with van der Waals surface area (Å²) < 4.78 is 6.96. The van der Waals surface area contributed by atoms with Crippen LogP contribution in [0, 0.1) is 25.2 Å². The maximum atomic E-state index is 9.24. The van der Waals surface area contributed by atoms with E-state index in [9.17, 15) is 5.26 Å². The van der Waals surface area contributed by atoms with Gasteiger partial charge in [-0.25, -0.2) is 4.98 Å². The molecule has 2 heterocycles. The van der Waals surface area contributed by atoms with Gasteiger partial charge in [0.15, 0.2) is 0 Å². The lowest BCUT2D eigenvalue weighted by Crippen LogP contribution is -2.45. The summed E-state index contributed by atoms with van der Waals surface area (Å²) in [6.07, 6.45) is 4.80. The highest BCUT2D eigenvalue weighted by Crippen LogP contribution is 2.34. The number of nitrogens with one attached hydrogen (secondary N) is 1. The number of nitriles is 1. The molecule has 33 heavy (non-hydrogen) atoms. The summed E-state index contributed by atoms with van der Waals surface area (Å²) in [5.41, 5.74) is 3.72. The van der Waals surface area contributed by atoms with E-state index in [2.05, 4.69) is 61.5 Å². The summed E-state index contributed by atoms with van der Waals surface area (Å²) in [4.78, 5) is 11.8. The van der Waals surface area contributed by atoms with Crippen molar-refractivity contribution in [3.63, 3.8) is 0 Å². The highest BCUT2D eigenvalue weighted by molar-refractivity contribution is 9.10. The molecule has 170 valence electrons. The first-order valence-corrected chi connectivity index (χ1v) is 12.1. The predicted molar refractivity (Wildman–Crippen MR) is 134 cm³/mol. The van der Waals surface area contributed by atoms with E-state index in [1.165, 1.54) is 5.56 Å². The van der Waals surface area contributed by atoms with Crippen LogP contribution in [0.15, 0.2) is 53.1 Å². The Morgan fingerprint density at radius 3 is 2.52 bits per heavy atom. The molecule has 7 heteroatoms. The quantitative estimate of drug-likeness (QED) is 0.468. The van der Waals surface area contributed by atoms with Gasteiger partial charge in [-0.15, -0.1) is 0 Å². The fraction of sp³-hybridized carbons (Fsp3) is 0.346. The number of aryl methyl sites for hydroxylation is 2. The SMILES string of the molecule is Cc1cc(C#N)cc(C)c1Oc1nc(N(CCc2ccccc2)C2CCNCC2)ncc1Br. The minimum atomic E-state index is 0.377. The Balaban J connectivity index is 1.63. The zero-order chi connectivity index (χ0) is 23.2. The molecule has 0 aliphatic carbocycles. The van der Waals surface area contributed by atoms with Gasteiger partial charge < -0.3 is 15.0 Å². The number of ether oxygens (including phenoxy) is 1. The fourth-order valence-electron chi connectivity index (χ4n) is 4.28. The molecule has 0 atom stereocenters. The summed E-state index contributed by atoms with van der Waals surface area (Å²) in [6, 6.07) is 16.8. The third kappa shape index (κ3) is 5.70. The molecule has 0 spiro atoms. The summed E-state index contributed by atoms with van der Waals surface area (Å²) >= 11 is 3.56. The molecule has 0 amide bonds. The molecule has 1 aromatic heterocycles. The van der Waals surface area contributed by atoms with Crippen LogP contribution in [-0.2, 0) is 6.42 Å². The summed E-state index contributed by atoms with van der Waals surface area (Å²) in [7, 11) is 0. The lowest BCUT2D eigenvalue weighted by atomic mass is 10.0. The largest absolute Gasteiger partial charge is 0.437 e. The Kier molecular flexibility index (Phi) is 7.58. The molecule has 2 aromatic carbocycles. The topological polar surface area (TPSA) is 74.1 Å². The summed E-state index contributed by atoms with van der Waals surface area (Å²) in [5, 5.41) is 12.7. The molecule has 1 aliphatic heterocycles. The Morgan fingerprint density at radius 2 is 1.85 bits per heavy atom. The number of halogens is 1. The van der Waals surface area contributed by atoms with Crippen molar-refractivity contribution in [3.05, 3.63) is 75.4 Å². The summed E-state index contributed by atoms with van der Waals surface area (Å²) in [5.74, 6) is 1.88. The van der Waals surface area contributed by atoms with E-state index in [-0.39, 0.29) is 0 Å².